The Bertz CT molecular complexity index is 615. The molecule has 1 aromatic carbocycles. The Balaban J connectivity index is 3.77. The van der Waals surface area contributed by atoms with Gasteiger partial charge in [-0.25, -0.2) is 30.8 Å². The third-order valence-corrected chi connectivity index (χ3v) is 4.74. The van der Waals surface area contributed by atoms with Crippen molar-refractivity contribution in [3.05, 3.63) is 28.8 Å². The van der Waals surface area contributed by atoms with Gasteiger partial charge in [0.25, 0.3) is 0 Å². The Morgan fingerprint density at radius 3 is 1.79 bits per heavy atom. The van der Waals surface area contributed by atoms with Crippen LogP contribution in [0.15, 0.2) is 4.90 Å². The van der Waals surface area contributed by atoms with Crippen LogP contribution in [0.1, 0.15) is 10.4 Å². The molecule has 0 saturated heterocycles. The maximum absolute atomic E-state index is 13.4. The Kier molecular flexibility index (Phi) is 4.56. The minimum atomic E-state index is -4.63. The van der Waals surface area contributed by atoms with Crippen LogP contribution in [0, 0.1) is 23.3 Å². The highest BCUT2D eigenvalue weighted by molar-refractivity contribution is 9.09. The molecule has 0 aliphatic rings. The summed E-state index contributed by atoms with van der Waals surface area (Å²) < 4.78 is 76.4. The third-order valence-electron chi connectivity index (χ3n) is 2.09. The number of hydrogen-bond acceptors (Lipinski definition) is 3. The average Bonchev–Trinajstić information content (AvgIpc) is 2.26. The van der Waals surface area contributed by atoms with E-state index in [4.69, 9.17) is 5.11 Å². The van der Waals surface area contributed by atoms with Crippen molar-refractivity contribution in [3.63, 3.8) is 0 Å². The lowest BCUT2D eigenvalue weighted by Crippen LogP contribution is -2.18. The average molecular weight is 365 g/mol. The Hall–Kier alpha value is -1.16. The van der Waals surface area contributed by atoms with Gasteiger partial charge in [-0.15, -0.1) is 0 Å². The molecule has 0 aliphatic carbocycles. The van der Waals surface area contributed by atoms with Crippen molar-refractivity contribution < 1.29 is 35.9 Å². The molecule has 4 nitrogen and oxygen atoms in total. The Morgan fingerprint density at radius 1 is 1.05 bits per heavy atom. The van der Waals surface area contributed by atoms with Crippen LogP contribution in [-0.4, -0.2) is 30.6 Å². The van der Waals surface area contributed by atoms with Crippen molar-refractivity contribution in [1.82, 2.24) is 0 Å². The first kappa shape index (κ1) is 15.9. The molecule has 0 atom stereocenters. The lowest BCUT2D eigenvalue weighted by Gasteiger charge is -2.09. The van der Waals surface area contributed by atoms with Gasteiger partial charge in [0.05, 0.1) is 5.75 Å². The summed E-state index contributed by atoms with van der Waals surface area (Å²) in [6.07, 6.45) is 0. The largest absolute Gasteiger partial charge is 0.477 e. The molecule has 0 spiro atoms. The van der Waals surface area contributed by atoms with Gasteiger partial charge in [0.2, 0.25) is 0 Å². The zero-order valence-corrected chi connectivity index (χ0v) is 11.3. The van der Waals surface area contributed by atoms with Crippen molar-refractivity contribution in [2.75, 3.05) is 11.1 Å². The first-order valence-electron chi connectivity index (χ1n) is 4.53. The van der Waals surface area contributed by atoms with E-state index in [1.165, 1.54) is 0 Å². The second kappa shape index (κ2) is 5.45. The number of rotatable bonds is 4. The van der Waals surface area contributed by atoms with Gasteiger partial charge in [0.15, 0.2) is 33.1 Å². The summed E-state index contributed by atoms with van der Waals surface area (Å²) in [4.78, 5) is 8.65. The van der Waals surface area contributed by atoms with E-state index >= 15 is 0 Å². The Morgan fingerprint density at radius 2 is 1.47 bits per heavy atom. The molecule has 0 saturated carbocycles. The standard InChI is InChI=1S/C9H5BrF4O4S/c10-1-2-19(17,18)8-6(13)4(11)3(9(15)16)5(12)7(8)14/h1-2H2,(H,15,16). The van der Waals surface area contributed by atoms with Gasteiger partial charge >= 0.3 is 5.97 Å². The summed E-state index contributed by atoms with van der Waals surface area (Å²) in [6, 6.07) is 0. The molecule has 1 aromatic rings. The molecule has 0 heterocycles. The molecule has 106 valence electrons. The first-order valence-corrected chi connectivity index (χ1v) is 7.30. The molecule has 19 heavy (non-hydrogen) atoms. The second-order valence-corrected chi connectivity index (χ2v) is 6.11. The minimum Gasteiger partial charge on any atom is -0.477 e. The smallest absolute Gasteiger partial charge is 0.341 e. The molecule has 0 amide bonds. The summed E-state index contributed by atoms with van der Waals surface area (Å²) in [5.41, 5.74) is -1.88. The molecule has 1 rings (SSSR count). The summed E-state index contributed by atoms with van der Waals surface area (Å²) in [7, 11) is -4.63. The number of aromatic carboxylic acids is 1. The zero-order chi connectivity index (χ0) is 15.0. The van der Waals surface area contributed by atoms with Crippen LogP contribution in [0.4, 0.5) is 17.6 Å². The fraction of sp³-hybridized carbons (Fsp3) is 0.222. The maximum atomic E-state index is 13.4. The SMILES string of the molecule is O=C(O)c1c(F)c(F)c(S(=O)(=O)CCBr)c(F)c1F. The van der Waals surface area contributed by atoms with E-state index < -0.39 is 55.3 Å². The maximum Gasteiger partial charge on any atom is 0.341 e. The highest BCUT2D eigenvalue weighted by Crippen LogP contribution is 2.28. The van der Waals surface area contributed by atoms with E-state index in [1.54, 1.807) is 0 Å². The van der Waals surface area contributed by atoms with E-state index in [1.807, 2.05) is 0 Å². The van der Waals surface area contributed by atoms with Gasteiger partial charge in [0, 0.05) is 5.33 Å². The van der Waals surface area contributed by atoms with Crippen LogP contribution in [0.25, 0.3) is 0 Å². The molecular weight excluding hydrogens is 360 g/mol. The number of carboxylic acids is 1. The number of benzene rings is 1. The monoisotopic (exact) mass is 364 g/mol. The van der Waals surface area contributed by atoms with Crippen LogP contribution in [0.2, 0.25) is 0 Å². The van der Waals surface area contributed by atoms with Gasteiger partial charge < -0.3 is 5.11 Å². The van der Waals surface area contributed by atoms with Gasteiger partial charge in [-0.2, -0.15) is 0 Å². The van der Waals surface area contributed by atoms with Crippen molar-refractivity contribution in [3.8, 4) is 0 Å². The fourth-order valence-electron chi connectivity index (χ4n) is 1.28. The van der Waals surface area contributed by atoms with Crippen molar-refractivity contribution in [2.24, 2.45) is 0 Å². The van der Waals surface area contributed by atoms with E-state index in [-0.39, 0.29) is 5.33 Å². The number of sulfone groups is 1. The Labute approximate surface area is 113 Å². The number of hydrogen-bond donors (Lipinski definition) is 1. The van der Waals surface area contributed by atoms with Crippen molar-refractivity contribution in [1.29, 1.82) is 0 Å². The minimum absolute atomic E-state index is 0.224. The summed E-state index contributed by atoms with van der Waals surface area (Å²) in [5, 5.41) is 8.20. The van der Waals surface area contributed by atoms with Crippen LogP contribution in [0.3, 0.4) is 0 Å². The lowest BCUT2D eigenvalue weighted by atomic mass is 10.2. The van der Waals surface area contributed by atoms with Crippen LogP contribution < -0.4 is 0 Å². The molecule has 1 N–H and O–H groups in total. The molecule has 0 radical (unpaired) electrons. The molecule has 0 fully saturated rings. The third kappa shape index (κ3) is 2.73. The van der Waals surface area contributed by atoms with Gasteiger partial charge in [-0.3, -0.25) is 0 Å². The molecule has 0 bridgehead atoms. The number of alkyl halides is 1. The normalized spacial score (nSPS) is 11.6. The zero-order valence-electron chi connectivity index (χ0n) is 8.88. The van der Waals surface area contributed by atoms with Crippen LogP contribution >= 0.6 is 15.9 Å². The van der Waals surface area contributed by atoms with E-state index in [9.17, 15) is 30.8 Å². The molecule has 0 unspecified atom stereocenters. The van der Waals surface area contributed by atoms with Gasteiger partial charge in [-0.05, 0) is 0 Å². The quantitative estimate of drug-likeness (QED) is 0.504. The topological polar surface area (TPSA) is 71.4 Å². The van der Waals surface area contributed by atoms with E-state index in [2.05, 4.69) is 15.9 Å². The molecule has 10 heteroatoms. The van der Waals surface area contributed by atoms with E-state index in [0.29, 0.717) is 0 Å². The lowest BCUT2D eigenvalue weighted by molar-refractivity contribution is 0.0682. The van der Waals surface area contributed by atoms with Gasteiger partial charge in [0.1, 0.15) is 10.5 Å². The molecule has 0 aliphatic heterocycles. The highest BCUT2D eigenvalue weighted by atomic mass is 79.9. The van der Waals surface area contributed by atoms with Crippen molar-refractivity contribution >= 4 is 31.7 Å². The number of carboxylic acid groups (broad SMARTS) is 1. The van der Waals surface area contributed by atoms with Crippen molar-refractivity contribution in [2.45, 2.75) is 4.90 Å². The first-order chi connectivity index (χ1) is 8.65. The summed E-state index contributed by atoms with van der Waals surface area (Å²) in [6.45, 7) is 0. The predicted octanol–water partition coefficient (Wildman–Crippen LogP) is 2.11. The molecular formula is C9H5BrF4O4S. The van der Waals surface area contributed by atoms with E-state index in [0.717, 1.165) is 0 Å². The predicted molar refractivity (Wildman–Crippen MR) is 59.1 cm³/mol. The van der Waals surface area contributed by atoms with Crippen LogP contribution in [0.5, 0.6) is 0 Å². The fourth-order valence-corrected chi connectivity index (χ4v) is 3.69. The summed E-state index contributed by atoms with van der Waals surface area (Å²) in [5.74, 6) is -12.1. The number of carbonyl (C=O) groups is 1. The number of halogens is 5. The highest BCUT2D eigenvalue weighted by Gasteiger charge is 2.34. The van der Waals surface area contributed by atoms with Crippen LogP contribution in [-0.2, 0) is 9.84 Å². The second-order valence-electron chi connectivity index (χ2n) is 3.27. The van der Waals surface area contributed by atoms with Gasteiger partial charge in [-0.1, -0.05) is 15.9 Å². The summed E-state index contributed by atoms with van der Waals surface area (Å²) >= 11 is 2.70. The molecule has 0 aromatic heterocycles.